The normalized spacial score (nSPS) is 33.5. The topological polar surface area (TPSA) is 38.5 Å². The summed E-state index contributed by atoms with van der Waals surface area (Å²) in [6, 6.07) is 0. The number of hydrogen-bond donors (Lipinski definition) is 1. The standard InChI is InChI=1S/C14H28N2O/c1-12-9-16(10-13(2,3)17-12)11-14(15)7-5-4-6-8-14/h12H,4-11,15H2,1-3H3. The van der Waals surface area contributed by atoms with Gasteiger partial charge in [-0.1, -0.05) is 19.3 Å². The first kappa shape index (κ1) is 13.3. The van der Waals surface area contributed by atoms with Gasteiger partial charge in [0.25, 0.3) is 0 Å². The fourth-order valence-corrected chi connectivity index (χ4v) is 3.57. The third-order valence-corrected chi connectivity index (χ3v) is 4.03. The quantitative estimate of drug-likeness (QED) is 0.804. The number of nitrogens with two attached hydrogens (primary N) is 1. The number of hydrogen-bond acceptors (Lipinski definition) is 3. The Morgan fingerprint density at radius 2 is 1.88 bits per heavy atom. The van der Waals surface area contributed by atoms with E-state index in [1.54, 1.807) is 0 Å². The Labute approximate surface area is 106 Å². The van der Waals surface area contributed by atoms with E-state index in [0.29, 0.717) is 6.10 Å². The summed E-state index contributed by atoms with van der Waals surface area (Å²) in [6.07, 6.45) is 6.69. The second-order valence-corrected chi connectivity index (χ2v) is 6.78. The van der Waals surface area contributed by atoms with Gasteiger partial charge in [0.1, 0.15) is 0 Å². The van der Waals surface area contributed by atoms with Crippen molar-refractivity contribution in [2.45, 2.75) is 70.1 Å². The highest BCUT2D eigenvalue weighted by Crippen LogP contribution is 2.29. The zero-order chi connectivity index (χ0) is 12.5. The number of ether oxygens (including phenoxy) is 1. The molecular formula is C14H28N2O. The van der Waals surface area contributed by atoms with Crippen molar-refractivity contribution in [2.75, 3.05) is 19.6 Å². The summed E-state index contributed by atoms with van der Waals surface area (Å²) < 4.78 is 5.94. The predicted molar refractivity (Wildman–Crippen MR) is 71.1 cm³/mol. The van der Waals surface area contributed by atoms with Gasteiger partial charge >= 0.3 is 0 Å². The van der Waals surface area contributed by atoms with Gasteiger partial charge in [-0.2, -0.15) is 0 Å². The van der Waals surface area contributed by atoms with E-state index in [1.807, 2.05) is 0 Å². The van der Waals surface area contributed by atoms with Gasteiger partial charge in [0.2, 0.25) is 0 Å². The Morgan fingerprint density at radius 1 is 1.24 bits per heavy atom. The lowest BCUT2D eigenvalue weighted by atomic mass is 9.82. The molecule has 3 heteroatoms. The minimum absolute atomic E-state index is 0.0251. The lowest BCUT2D eigenvalue weighted by Crippen LogP contribution is -2.58. The monoisotopic (exact) mass is 240 g/mol. The van der Waals surface area contributed by atoms with E-state index in [9.17, 15) is 0 Å². The summed E-state index contributed by atoms with van der Waals surface area (Å²) in [4.78, 5) is 2.51. The smallest absolute Gasteiger partial charge is 0.0757 e. The van der Waals surface area contributed by atoms with Crippen molar-refractivity contribution < 1.29 is 4.74 Å². The van der Waals surface area contributed by atoms with Crippen molar-refractivity contribution in [2.24, 2.45) is 5.73 Å². The first-order valence-electron chi connectivity index (χ1n) is 7.08. The Bertz CT molecular complexity index is 259. The molecule has 1 unspecified atom stereocenters. The molecule has 1 saturated heterocycles. The van der Waals surface area contributed by atoms with Crippen molar-refractivity contribution in [3.05, 3.63) is 0 Å². The Hall–Kier alpha value is -0.120. The molecule has 1 heterocycles. The molecule has 2 rings (SSSR count). The predicted octanol–water partition coefficient (Wildman–Crippen LogP) is 2.15. The highest BCUT2D eigenvalue weighted by Gasteiger charge is 2.36. The van der Waals surface area contributed by atoms with Crippen LogP contribution in [0.3, 0.4) is 0 Å². The minimum Gasteiger partial charge on any atom is -0.370 e. The first-order valence-corrected chi connectivity index (χ1v) is 7.08. The molecule has 0 spiro atoms. The molecule has 2 fully saturated rings. The number of morpholine rings is 1. The molecular weight excluding hydrogens is 212 g/mol. The van der Waals surface area contributed by atoms with Crippen LogP contribution in [0.15, 0.2) is 0 Å². The van der Waals surface area contributed by atoms with Gasteiger partial charge in [-0.25, -0.2) is 0 Å². The van der Waals surface area contributed by atoms with E-state index >= 15 is 0 Å². The Kier molecular flexibility index (Phi) is 3.81. The van der Waals surface area contributed by atoms with Gasteiger partial charge in [-0.15, -0.1) is 0 Å². The highest BCUT2D eigenvalue weighted by atomic mass is 16.5. The van der Waals surface area contributed by atoms with Crippen LogP contribution in [0.2, 0.25) is 0 Å². The molecule has 0 aromatic carbocycles. The molecule has 1 saturated carbocycles. The lowest BCUT2D eigenvalue weighted by Gasteiger charge is -2.46. The van der Waals surface area contributed by atoms with Crippen LogP contribution in [0.5, 0.6) is 0 Å². The average Bonchev–Trinajstić information content (AvgIpc) is 2.13. The molecule has 0 amide bonds. The summed E-state index contributed by atoms with van der Waals surface area (Å²) in [5.74, 6) is 0. The van der Waals surface area contributed by atoms with Gasteiger partial charge in [-0.3, -0.25) is 4.90 Å². The lowest BCUT2D eigenvalue weighted by molar-refractivity contribution is -0.132. The van der Waals surface area contributed by atoms with Crippen LogP contribution in [0.25, 0.3) is 0 Å². The van der Waals surface area contributed by atoms with Crippen LogP contribution in [-0.2, 0) is 4.74 Å². The van der Waals surface area contributed by atoms with Crippen molar-refractivity contribution in [1.82, 2.24) is 4.90 Å². The van der Waals surface area contributed by atoms with Crippen LogP contribution < -0.4 is 5.73 Å². The van der Waals surface area contributed by atoms with E-state index in [2.05, 4.69) is 25.7 Å². The zero-order valence-corrected chi connectivity index (χ0v) is 11.7. The molecule has 3 nitrogen and oxygen atoms in total. The second-order valence-electron chi connectivity index (χ2n) is 6.78. The third kappa shape index (κ3) is 3.67. The van der Waals surface area contributed by atoms with Crippen LogP contribution in [0.4, 0.5) is 0 Å². The first-order chi connectivity index (χ1) is 7.89. The Morgan fingerprint density at radius 3 is 2.47 bits per heavy atom. The second kappa shape index (κ2) is 4.87. The molecule has 2 N–H and O–H groups in total. The molecule has 1 atom stereocenters. The van der Waals surface area contributed by atoms with Gasteiger partial charge < -0.3 is 10.5 Å². The van der Waals surface area contributed by atoms with Crippen LogP contribution in [0.1, 0.15) is 52.9 Å². The fourth-order valence-electron chi connectivity index (χ4n) is 3.57. The van der Waals surface area contributed by atoms with Crippen LogP contribution in [0, 0.1) is 0 Å². The number of nitrogens with zero attached hydrogens (tertiary/aromatic N) is 1. The van der Waals surface area contributed by atoms with E-state index in [0.717, 1.165) is 19.6 Å². The van der Waals surface area contributed by atoms with E-state index < -0.39 is 0 Å². The van der Waals surface area contributed by atoms with Crippen molar-refractivity contribution in [3.63, 3.8) is 0 Å². The summed E-state index contributed by atoms with van der Waals surface area (Å²) in [5, 5.41) is 0. The van der Waals surface area contributed by atoms with Gasteiger partial charge in [-0.05, 0) is 33.6 Å². The molecule has 2 aliphatic rings. The summed E-state index contributed by atoms with van der Waals surface area (Å²) in [5.41, 5.74) is 6.58. The minimum atomic E-state index is -0.0251. The van der Waals surface area contributed by atoms with Crippen LogP contribution in [-0.4, -0.2) is 41.8 Å². The Balaban J connectivity index is 1.93. The van der Waals surface area contributed by atoms with Crippen molar-refractivity contribution in [1.29, 1.82) is 0 Å². The molecule has 0 aromatic heterocycles. The molecule has 17 heavy (non-hydrogen) atoms. The van der Waals surface area contributed by atoms with E-state index in [-0.39, 0.29) is 11.1 Å². The number of rotatable bonds is 2. The van der Waals surface area contributed by atoms with Crippen molar-refractivity contribution in [3.8, 4) is 0 Å². The van der Waals surface area contributed by atoms with E-state index in [1.165, 1.54) is 32.1 Å². The van der Waals surface area contributed by atoms with Crippen LogP contribution >= 0.6 is 0 Å². The third-order valence-electron chi connectivity index (χ3n) is 4.03. The maximum Gasteiger partial charge on any atom is 0.0757 e. The molecule has 100 valence electrons. The summed E-state index contributed by atoms with van der Waals surface area (Å²) in [7, 11) is 0. The largest absolute Gasteiger partial charge is 0.370 e. The van der Waals surface area contributed by atoms with Gasteiger partial charge in [0.15, 0.2) is 0 Å². The summed E-state index contributed by atoms with van der Waals surface area (Å²) in [6.45, 7) is 9.61. The fraction of sp³-hybridized carbons (Fsp3) is 1.00. The maximum absolute atomic E-state index is 6.54. The molecule has 1 aliphatic heterocycles. The molecule has 0 aromatic rings. The zero-order valence-electron chi connectivity index (χ0n) is 11.7. The highest BCUT2D eigenvalue weighted by molar-refractivity contribution is 4.93. The average molecular weight is 240 g/mol. The van der Waals surface area contributed by atoms with Crippen molar-refractivity contribution >= 4 is 0 Å². The maximum atomic E-state index is 6.54. The molecule has 1 aliphatic carbocycles. The SMILES string of the molecule is CC1CN(CC2(N)CCCCC2)CC(C)(C)O1. The summed E-state index contributed by atoms with van der Waals surface area (Å²) >= 11 is 0. The molecule has 0 bridgehead atoms. The van der Waals surface area contributed by atoms with Gasteiger partial charge in [0, 0.05) is 25.2 Å². The van der Waals surface area contributed by atoms with Gasteiger partial charge in [0.05, 0.1) is 11.7 Å². The molecule has 0 radical (unpaired) electrons. The van der Waals surface area contributed by atoms with E-state index in [4.69, 9.17) is 10.5 Å².